The van der Waals surface area contributed by atoms with Crippen molar-refractivity contribution in [3.63, 3.8) is 0 Å². The van der Waals surface area contributed by atoms with Gasteiger partial charge in [0.1, 0.15) is 5.75 Å². The van der Waals surface area contributed by atoms with Crippen molar-refractivity contribution in [2.24, 2.45) is 5.10 Å². The quantitative estimate of drug-likeness (QED) is 0.658. The number of nitrogens with one attached hydrogen (secondary N) is 1. The minimum atomic E-state index is -0.472. The van der Waals surface area contributed by atoms with E-state index in [4.69, 9.17) is 4.74 Å². The highest BCUT2D eigenvalue weighted by atomic mass is 19.1. The number of phenols is 1. The highest BCUT2D eigenvalue weighted by Crippen LogP contribution is 2.18. The summed E-state index contributed by atoms with van der Waals surface area (Å²) in [7, 11) is 0. The van der Waals surface area contributed by atoms with Crippen LogP contribution in [0.1, 0.15) is 5.56 Å². The van der Waals surface area contributed by atoms with Gasteiger partial charge in [-0.05, 0) is 29.8 Å². The number of ether oxygens (including phenoxy) is 1. The fourth-order valence-corrected chi connectivity index (χ4v) is 2.13. The van der Waals surface area contributed by atoms with Gasteiger partial charge in [0.25, 0.3) is 0 Å². The summed E-state index contributed by atoms with van der Waals surface area (Å²) in [6.07, 6.45) is 2.68. The van der Waals surface area contributed by atoms with Gasteiger partial charge in [-0.25, -0.2) is 14.8 Å². The van der Waals surface area contributed by atoms with Crippen LogP contribution in [0.15, 0.2) is 35.6 Å². The van der Waals surface area contributed by atoms with E-state index >= 15 is 0 Å². The van der Waals surface area contributed by atoms with Gasteiger partial charge in [0.15, 0.2) is 11.6 Å². The molecule has 1 aromatic heterocycles. The van der Waals surface area contributed by atoms with Gasteiger partial charge in [-0.1, -0.05) is 0 Å². The summed E-state index contributed by atoms with van der Waals surface area (Å²) in [5, 5.41) is 13.2. The zero-order valence-corrected chi connectivity index (χ0v) is 12.3. The fourth-order valence-electron chi connectivity index (χ4n) is 2.13. The molecular formula is C15H16FN5O2. The summed E-state index contributed by atoms with van der Waals surface area (Å²) in [5.74, 6) is 0.167. The van der Waals surface area contributed by atoms with E-state index in [2.05, 4.69) is 20.5 Å². The highest BCUT2D eigenvalue weighted by Gasteiger charge is 2.17. The minimum Gasteiger partial charge on any atom is -0.508 e. The number of rotatable bonds is 4. The molecule has 0 spiro atoms. The minimum absolute atomic E-state index is 0.187. The number of anilines is 2. The van der Waals surface area contributed by atoms with E-state index in [9.17, 15) is 9.50 Å². The molecule has 3 rings (SSSR count). The molecule has 2 heterocycles. The standard InChI is InChI=1S/C15H16FN5O2/c16-13-10-17-15(19-14(13)21-5-7-23-8-6-21)20-18-9-11-1-3-12(22)4-2-11/h1-4,9-10,22H,5-8H2,(H,17,19,20). The summed E-state index contributed by atoms with van der Waals surface area (Å²) in [4.78, 5) is 9.85. The molecular weight excluding hydrogens is 301 g/mol. The average molecular weight is 317 g/mol. The third-order valence-electron chi connectivity index (χ3n) is 3.31. The number of halogens is 1. The van der Waals surface area contributed by atoms with Crippen molar-refractivity contribution >= 4 is 18.0 Å². The summed E-state index contributed by atoms with van der Waals surface area (Å²) in [6, 6.07) is 6.55. The Morgan fingerprint density at radius 2 is 2.00 bits per heavy atom. The molecule has 0 atom stereocenters. The molecule has 0 radical (unpaired) electrons. The first kappa shape index (κ1) is 15.2. The van der Waals surface area contributed by atoms with Crippen LogP contribution < -0.4 is 10.3 Å². The third-order valence-corrected chi connectivity index (χ3v) is 3.31. The number of benzene rings is 1. The van der Waals surface area contributed by atoms with Crippen LogP contribution in [0, 0.1) is 5.82 Å². The molecule has 1 aromatic carbocycles. The Kier molecular flexibility index (Phi) is 4.62. The van der Waals surface area contributed by atoms with Gasteiger partial charge in [-0.3, -0.25) is 0 Å². The number of morpholine rings is 1. The van der Waals surface area contributed by atoms with E-state index in [1.165, 1.54) is 0 Å². The smallest absolute Gasteiger partial charge is 0.245 e. The van der Waals surface area contributed by atoms with Crippen LogP contribution in [0.3, 0.4) is 0 Å². The lowest BCUT2D eigenvalue weighted by Gasteiger charge is -2.27. The molecule has 0 aliphatic carbocycles. The van der Waals surface area contributed by atoms with Crippen LogP contribution in [0.5, 0.6) is 5.75 Å². The molecule has 120 valence electrons. The fraction of sp³-hybridized carbons (Fsp3) is 0.267. The first-order valence-corrected chi connectivity index (χ1v) is 7.16. The predicted molar refractivity (Wildman–Crippen MR) is 84.3 cm³/mol. The molecule has 7 nitrogen and oxygen atoms in total. The number of hydrogen-bond acceptors (Lipinski definition) is 7. The molecule has 0 amide bonds. The monoisotopic (exact) mass is 317 g/mol. The molecule has 0 saturated carbocycles. The van der Waals surface area contributed by atoms with Crippen LogP contribution in [-0.2, 0) is 4.74 Å². The first-order chi connectivity index (χ1) is 11.2. The summed E-state index contributed by atoms with van der Waals surface area (Å²) < 4.78 is 19.1. The van der Waals surface area contributed by atoms with E-state index in [1.807, 2.05) is 4.90 Å². The lowest BCUT2D eigenvalue weighted by atomic mass is 10.2. The van der Waals surface area contributed by atoms with Crippen molar-refractivity contribution in [1.82, 2.24) is 9.97 Å². The van der Waals surface area contributed by atoms with Crippen molar-refractivity contribution < 1.29 is 14.2 Å². The maximum atomic E-state index is 13.9. The van der Waals surface area contributed by atoms with Crippen molar-refractivity contribution in [3.8, 4) is 5.75 Å². The van der Waals surface area contributed by atoms with Crippen molar-refractivity contribution in [2.75, 3.05) is 36.6 Å². The van der Waals surface area contributed by atoms with Gasteiger partial charge < -0.3 is 14.7 Å². The van der Waals surface area contributed by atoms with Crippen LogP contribution >= 0.6 is 0 Å². The SMILES string of the molecule is Oc1ccc(C=NNc2ncc(F)c(N3CCOCC3)n2)cc1. The Bertz CT molecular complexity index is 687. The van der Waals surface area contributed by atoms with Gasteiger partial charge in [-0.15, -0.1) is 0 Å². The van der Waals surface area contributed by atoms with Crippen molar-refractivity contribution in [3.05, 3.63) is 41.8 Å². The second kappa shape index (κ2) is 7.01. The average Bonchev–Trinajstić information content (AvgIpc) is 2.59. The Labute approximate surface area is 132 Å². The number of hydrogen-bond donors (Lipinski definition) is 2. The zero-order chi connectivity index (χ0) is 16.1. The maximum absolute atomic E-state index is 13.9. The van der Waals surface area contributed by atoms with Crippen LogP contribution in [0.25, 0.3) is 0 Å². The molecule has 2 N–H and O–H groups in total. The number of aromatic nitrogens is 2. The molecule has 0 unspecified atom stereocenters. The van der Waals surface area contributed by atoms with E-state index in [0.29, 0.717) is 26.3 Å². The zero-order valence-electron chi connectivity index (χ0n) is 12.3. The Balaban J connectivity index is 1.69. The number of hydrazone groups is 1. The third kappa shape index (κ3) is 3.92. The largest absolute Gasteiger partial charge is 0.508 e. The molecule has 1 aliphatic heterocycles. The van der Waals surface area contributed by atoms with Crippen LogP contribution in [-0.4, -0.2) is 47.6 Å². The second-order valence-corrected chi connectivity index (χ2v) is 4.93. The second-order valence-electron chi connectivity index (χ2n) is 4.93. The van der Waals surface area contributed by atoms with Crippen LogP contribution in [0.4, 0.5) is 16.2 Å². The summed E-state index contributed by atoms with van der Waals surface area (Å²) >= 11 is 0. The van der Waals surface area contributed by atoms with Gasteiger partial charge in [0.2, 0.25) is 5.95 Å². The molecule has 2 aromatic rings. The lowest BCUT2D eigenvalue weighted by molar-refractivity contribution is 0.122. The Morgan fingerprint density at radius 1 is 1.26 bits per heavy atom. The van der Waals surface area contributed by atoms with Gasteiger partial charge in [0, 0.05) is 13.1 Å². The number of nitrogens with zero attached hydrogens (tertiary/aromatic N) is 4. The van der Waals surface area contributed by atoms with E-state index in [1.54, 1.807) is 30.5 Å². The molecule has 8 heteroatoms. The molecule has 1 aliphatic rings. The van der Waals surface area contributed by atoms with E-state index in [-0.39, 0.29) is 17.5 Å². The first-order valence-electron chi connectivity index (χ1n) is 7.16. The number of aromatic hydroxyl groups is 1. The van der Waals surface area contributed by atoms with Crippen molar-refractivity contribution in [1.29, 1.82) is 0 Å². The van der Waals surface area contributed by atoms with E-state index < -0.39 is 5.82 Å². The molecule has 1 fully saturated rings. The van der Waals surface area contributed by atoms with Gasteiger partial charge in [0.05, 0.1) is 25.6 Å². The topological polar surface area (TPSA) is 82.9 Å². The van der Waals surface area contributed by atoms with Gasteiger partial charge in [-0.2, -0.15) is 10.1 Å². The van der Waals surface area contributed by atoms with Crippen molar-refractivity contribution in [2.45, 2.75) is 0 Å². The van der Waals surface area contributed by atoms with Gasteiger partial charge >= 0.3 is 0 Å². The number of phenolic OH excluding ortho intramolecular Hbond substituents is 1. The normalized spacial score (nSPS) is 15.1. The summed E-state index contributed by atoms with van der Waals surface area (Å²) in [5.41, 5.74) is 3.47. The summed E-state index contributed by atoms with van der Waals surface area (Å²) in [6.45, 7) is 2.27. The molecule has 23 heavy (non-hydrogen) atoms. The Hall–Kier alpha value is -2.74. The molecule has 0 bridgehead atoms. The van der Waals surface area contributed by atoms with Crippen LogP contribution in [0.2, 0.25) is 0 Å². The Morgan fingerprint density at radius 3 is 2.74 bits per heavy atom. The van der Waals surface area contributed by atoms with E-state index in [0.717, 1.165) is 11.8 Å². The predicted octanol–water partition coefficient (Wildman–Crippen LogP) is 1.60. The molecule has 1 saturated heterocycles. The highest BCUT2D eigenvalue weighted by molar-refractivity contribution is 5.80. The lowest BCUT2D eigenvalue weighted by Crippen LogP contribution is -2.37. The maximum Gasteiger partial charge on any atom is 0.245 e.